The molecule has 0 saturated carbocycles. The molecule has 31 heavy (non-hydrogen) atoms. The maximum Gasteiger partial charge on any atom is 0.248 e. The van der Waals surface area contributed by atoms with Crippen LogP contribution in [0.2, 0.25) is 5.02 Å². The number of piperazine rings is 1. The molecule has 2 aromatic carbocycles. The van der Waals surface area contributed by atoms with Gasteiger partial charge in [-0.1, -0.05) is 24.6 Å². The van der Waals surface area contributed by atoms with E-state index >= 15 is 0 Å². The first-order valence-corrected chi connectivity index (χ1v) is 10.9. The van der Waals surface area contributed by atoms with Gasteiger partial charge in [-0.2, -0.15) is 0 Å². The second kappa shape index (κ2) is 11.1. The van der Waals surface area contributed by atoms with Gasteiger partial charge in [0.25, 0.3) is 0 Å². The van der Waals surface area contributed by atoms with E-state index in [1.807, 2.05) is 30.3 Å². The van der Waals surface area contributed by atoms with Crippen molar-refractivity contribution in [3.63, 3.8) is 0 Å². The fourth-order valence-electron chi connectivity index (χ4n) is 3.40. The highest BCUT2D eigenvalue weighted by Gasteiger charge is 2.18. The number of nitrogens with zero attached hydrogens (tertiary/aromatic N) is 2. The standard InChI is InChI=1S/C24H30ClN3O3/c1-4-15-31-22-9-5-18(16-23(22)30-3)6-10-24(29)26-20-17-19(25)7-8-21(20)28-13-11-27(2)12-14-28/h5-10,16-17H,4,11-15H2,1-3H3,(H,26,29)/b10-6+. The van der Waals surface area contributed by atoms with Crippen LogP contribution in [0.1, 0.15) is 18.9 Å². The van der Waals surface area contributed by atoms with E-state index in [9.17, 15) is 4.79 Å². The van der Waals surface area contributed by atoms with Crippen molar-refractivity contribution in [2.24, 2.45) is 0 Å². The van der Waals surface area contributed by atoms with E-state index in [1.165, 1.54) is 6.08 Å². The predicted molar refractivity (Wildman–Crippen MR) is 128 cm³/mol. The molecule has 1 aliphatic rings. The van der Waals surface area contributed by atoms with E-state index < -0.39 is 0 Å². The Kier molecular flexibility index (Phi) is 8.20. The number of benzene rings is 2. The van der Waals surface area contributed by atoms with Crippen molar-refractivity contribution in [3.05, 3.63) is 53.1 Å². The minimum absolute atomic E-state index is 0.220. The molecule has 1 fully saturated rings. The lowest BCUT2D eigenvalue weighted by molar-refractivity contribution is -0.111. The van der Waals surface area contributed by atoms with Crippen molar-refractivity contribution < 1.29 is 14.3 Å². The lowest BCUT2D eigenvalue weighted by atomic mass is 10.1. The highest BCUT2D eigenvalue weighted by Crippen LogP contribution is 2.31. The maximum absolute atomic E-state index is 12.6. The maximum atomic E-state index is 12.6. The second-order valence-corrected chi connectivity index (χ2v) is 7.97. The molecular weight excluding hydrogens is 414 g/mol. The van der Waals surface area contributed by atoms with Gasteiger partial charge in [0.2, 0.25) is 5.91 Å². The number of carbonyl (C=O) groups is 1. The summed E-state index contributed by atoms with van der Waals surface area (Å²) in [4.78, 5) is 17.2. The molecule has 2 aromatic rings. The lowest BCUT2D eigenvalue weighted by Gasteiger charge is -2.35. The van der Waals surface area contributed by atoms with Crippen LogP contribution in [0.15, 0.2) is 42.5 Å². The number of hydrogen-bond acceptors (Lipinski definition) is 5. The Hall–Kier alpha value is -2.70. The highest BCUT2D eigenvalue weighted by molar-refractivity contribution is 6.31. The van der Waals surface area contributed by atoms with Crippen LogP contribution in [0.25, 0.3) is 6.08 Å². The Labute approximate surface area is 189 Å². The molecule has 166 valence electrons. The normalized spacial score (nSPS) is 14.6. The smallest absolute Gasteiger partial charge is 0.248 e. The quantitative estimate of drug-likeness (QED) is 0.607. The Morgan fingerprint density at radius 2 is 1.90 bits per heavy atom. The first-order chi connectivity index (χ1) is 15.0. The topological polar surface area (TPSA) is 54.0 Å². The molecule has 1 saturated heterocycles. The molecule has 0 radical (unpaired) electrons. The number of halogens is 1. The van der Waals surface area contributed by atoms with Crippen LogP contribution in [0.3, 0.4) is 0 Å². The Bertz CT molecular complexity index is 924. The molecule has 0 spiro atoms. The summed E-state index contributed by atoms with van der Waals surface area (Å²) in [5.74, 6) is 1.12. The van der Waals surface area contributed by atoms with Crippen LogP contribution in [-0.4, -0.2) is 57.8 Å². The SMILES string of the molecule is CCCOc1ccc(/C=C/C(=O)Nc2cc(Cl)ccc2N2CCN(C)CC2)cc1OC. The molecule has 3 rings (SSSR count). The molecule has 0 unspecified atom stereocenters. The summed E-state index contributed by atoms with van der Waals surface area (Å²) in [7, 11) is 3.72. The third-order valence-corrected chi connectivity index (χ3v) is 5.37. The summed E-state index contributed by atoms with van der Waals surface area (Å²) in [6, 6.07) is 11.2. The number of hydrogen-bond donors (Lipinski definition) is 1. The minimum Gasteiger partial charge on any atom is -0.493 e. The summed E-state index contributed by atoms with van der Waals surface area (Å²) < 4.78 is 11.1. The highest BCUT2D eigenvalue weighted by atomic mass is 35.5. The fraction of sp³-hybridized carbons (Fsp3) is 0.375. The van der Waals surface area contributed by atoms with Crippen LogP contribution in [0.5, 0.6) is 11.5 Å². The van der Waals surface area contributed by atoms with Gasteiger partial charge in [0.05, 0.1) is 25.1 Å². The fourth-order valence-corrected chi connectivity index (χ4v) is 3.57. The van der Waals surface area contributed by atoms with Crippen LogP contribution in [0.4, 0.5) is 11.4 Å². The summed E-state index contributed by atoms with van der Waals surface area (Å²) >= 11 is 6.20. The molecule has 1 aliphatic heterocycles. The number of nitrogens with one attached hydrogen (secondary N) is 1. The number of ether oxygens (including phenoxy) is 2. The molecule has 6 nitrogen and oxygen atoms in total. The number of anilines is 2. The molecule has 0 atom stereocenters. The molecule has 1 heterocycles. The second-order valence-electron chi connectivity index (χ2n) is 7.53. The summed E-state index contributed by atoms with van der Waals surface area (Å²) in [5.41, 5.74) is 2.55. The van der Waals surface area contributed by atoms with Crippen molar-refractivity contribution >= 4 is 35.0 Å². The zero-order valence-corrected chi connectivity index (χ0v) is 19.1. The lowest BCUT2D eigenvalue weighted by Crippen LogP contribution is -2.44. The average molecular weight is 444 g/mol. The Morgan fingerprint density at radius 3 is 2.61 bits per heavy atom. The van der Waals surface area contributed by atoms with E-state index in [0.29, 0.717) is 28.8 Å². The number of carbonyl (C=O) groups excluding carboxylic acids is 1. The largest absolute Gasteiger partial charge is 0.493 e. The van der Waals surface area contributed by atoms with E-state index in [2.05, 4.69) is 29.1 Å². The van der Waals surface area contributed by atoms with Gasteiger partial charge in [-0.25, -0.2) is 0 Å². The molecule has 0 aliphatic carbocycles. The molecule has 0 aromatic heterocycles. The van der Waals surface area contributed by atoms with Crippen LogP contribution in [0, 0.1) is 0 Å². The monoisotopic (exact) mass is 443 g/mol. The molecule has 1 amide bonds. The van der Waals surface area contributed by atoms with Gasteiger partial charge in [-0.15, -0.1) is 0 Å². The Balaban J connectivity index is 1.70. The molecule has 7 heteroatoms. The van der Waals surface area contributed by atoms with Gasteiger partial charge in [0, 0.05) is 37.3 Å². The minimum atomic E-state index is -0.220. The zero-order valence-electron chi connectivity index (χ0n) is 18.4. The zero-order chi connectivity index (χ0) is 22.2. The van der Waals surface area contributed by atoms with E-state index in [4.69, 9.17) is 21.1 Å². The van der Waals surface area contributed by atoms with E-state index in [-0.39, 0.29) is 5.91 Å². The third-order valence-electron chi connectivity index (χ3n) is 5.14. The van der Waals surface area contributed by atoms with Crippen molar-refractivity contribution in [1.29, 1.82) is 0 Å². The van der Waals surface area contributed by atoms with Crippen LogP contribution in [-0.2, 0) is 4.79 Å². The van der Waals surface area contributed by atoms with Gasteiger partial charge in [-0.05, 0) is 55.4 Å². The van der Waals surface area contributed by atoms with Crippen molar-refractivity contribution in [2.75, 3.05) is 57.2 Å². The van der Waals surface area contributed by atoms with Crippen LogP contribution < -0.4 is 19.7 Å². The van der Waals surface area contributed by atoms with Gasteiger partial charge in [0.1, 0.15) is 0 Å². The van der Waals surface area contributed by atoms with Crippen LogP contribution >= 0.6 is 11.6 Å². The first kappa shape index (κ1) is 23.0. The number of methoxy groups -OCH3 is 1. The van der Waals surface area contributed by atoms with Gasteiger partial charge < -0.3 is 24.6 Å². The van der Waals surface area contributed by atoms with Crippen molar-refractivity contribution in [3.8, 4) is 11.5 Å². The number of likely N-dealkylation sites (N-methyl/N-ethyl adjacent to an activating group) is 1. The van der Waals surface area contributed by atoms with E-state index in [0.717, 1.165) is 43.9 Å². The average Bonchev–Trinajstić information content (AvgIpc) is 2.77. The van der Waals surface area contributed by atoms with Crippen molar-refractivity contribution in [1.82, 2.24) is 4.90 Å². The molecule has 0 bridgehead atoms. The summed E-state index contributed by atoms with van der Waals surface area (Å²) in [6.45, 7) is 6.46. The Morgan fingerprint density at radius 1 is 1.13 bits per heavy atom. The van der Waals surface area contributed by atoms with Gasteiger partial charge in [0.15, 0.2) is 11.5 Å². The van der Waals surface area contributed by atoms with Crippen molar-refractivity contribution in [2.45, 2.75) is 13.3 Å². The number of rotatable bonds is 8. The van der Waals surface area contributed by atoms with E-state index in [1.54, 1.807) is 19.3 Å². The number of amides is 1. The van der Waals surface area contributed by atoms with Gasteiger partial charge >= 0.3 is 0 Å². The summed E-state index contributed by atoms with van der Waals surface area (Å²) in [6.07, 6.45) is 4.18. The first-order valence-electron chi connectivity index (χ1n) is 10.5. The molecule has 1 N–H and O–H groups in total. The van der Waals surface area contributed by atoms with Gasteiger partial charge in [-0.3, -0.25) is 4.79 Å². The summed E-state index contributed by atoms with van der Waals surface area (Å²) in [5, 5.41) is 3.56. The predicted octanol–water partition coefficient (Wildman–Crippen LogP) is 4.54. The third kappa shape index (κ3) is 6.39. The molecular formula is C24H30ClN3O3.